The van der Waals surface area contributed by atoms with E-state index >= 15 is 0 Å². The number of fused-ring (bicyclic) bond motifs is 2. The van der Waals surface area contributed by atoms with Gasteiger partial charge in [-0.1, -0.05) is 6.07 Å². The summed E-state index contributed by atoms with van der Waals surface area (Å²) < 4.78 is 52.7. The number of carboxylic acids is 1. The van der Waals surface area contributed by atoms with Gasteiger partial charge in [-0.05, 0) is 66.1 Å². The van der Waals surface area contributed by atoms with E-state index in [0.717, 1.165) is 37.4 Å². The van der Waals surface area contributed by atoms with Crippen LogP contribution in [0.1, 0.15) is 55.2 Å². The minimum Gasteiger partial charge on any atom is -0.542 e. The molecule has 0 amide bonds. The first kappa shape index (κ1) is 29.4. The quantitative estimate of drug-likeness (QED) is 0.463. The third kappa shape index (κ3) is 4.13. The normalized spacial score (nSPS) is 38.1. The van der Waals surface area contributed by atoms with Gasteiger partial charge in [0.05, 0.1) is 44.8 Å². The molecule has 1 unspecified atom stereocenters. The number of hydrogen-bond donors (Lipinski definition) is 1. The molecule has 7 atom stereocenters. The van der Waals surface area contributed by atoms with Crippen LogP contribution in [0.2, 0.25) is 0 Å². The second kappa shape index (κ2) is 9.83. The number of thiophene rings is 1. The lowest BCUT2D eigenvalue weighted by Gasteiger charge is -2.74. The lowest BCUT2D eigenvalue weighted by atomic mass is 9.34. The Labute approximate surface area is 253 Å². The summed E-state index contributed by atoms with van der Waals surface area (Å²) in [6.45, 7) is 3.89. The molecule has 7 aliphatic rings. The van der Waals surface area contributed by atoms with Crippen molar-refractivity contribution in [3.8, 4) is 11.5 Å². The number of phenols is 1. The number of likely N-dealkylation sites (tertiary alicyclic amines) is 1. The van der Waals surface area contributed by atoms with Crippen LogP contribution in [0.25, 0.3) is 0 Å². The summed E-state index contributed by atoms with van der Waals surface area (Å²) in [5, 5.41) is 24.1. The number of benzene rings is 1. The fourth-order valence-electron chi connectivity index (χ4n) is 10.1. The number of piperidine rings is 1. The number of aromatic hydroxyl groups is 1. The topological polar surface area (TPSA) is 88.1 Å². The molecule has 1 aromatic heterocycles. The Morgan fingerprint density at radius 2 is 2.00 bits per heavy atom. The summed E-state index contributed by atoms with van der Waals surface area (Å²) in [5.41, 5.74) is 3.76. The predicted octanol–water partition coefficient (Wildman–Crippen LogP) is 4.34. The number of halogens is 3. The number of aliphatic carboxylic acids is 1. The van der Waals surface area contributed by atoms with Crippen molar-refractivity contribution in [2.24, 2.45) is 17.3 Å². The summed E-state index contributed by atoms with van der Waals surface area (Å²) >= 11 is 1.73. The highest BCUT2D eigenvalue weighted by molar-refractivity contribution is 7.07. The number of ether oxygens (including phenoxy) is 3. The van der Waals surface area contributed by atoms with Gasteiger partial charge in [0.25, 0.3) is 0 Å². The van der Waals surface area contributed by atoms with Gasteiger partial charge in [-0.2, -0.15) is 24.5 Å². The van der Waals surface area contributed by atoms with Crippen molar-refractivity contribution >= 4 is 17.3 Å². The predicted molar refractivity (Wildman–Crippen MR) is 150 cm³/mol. The Morgan fingerprint density at radius 1 is 1.23 bits per heavy atom. The minimum atomic E-state index is -5.19. The fourth-order valence-corrected chi connectivity index (χ4v) is 10.8. The molecule has 7 nitrogen and oxygen atoms in total. The Bertz CT molecular complexity index is 1410. The van der Waals surface area contributed by atoms with Crippen LogP contribution in [0.15, 0.2) is 29.0 Å². The van der Waals surface area contributed by atoms with Crippen LogP contribution in [-0.2, 0) is 32.7 Å². The van der Waals surface area contributed by atoms with Crippen LogP contribution < -0.4 is 9.84 Å². The monoisotopic (exact) mass is 621 g/mol. The summed E-state index contributed by atoms with van der Waals surface area (Å²) in [4.78, 5) is 8.78. The number of alkyl halides is 3. The highest BCUT2D eigenvalue weighted by Gasteiger charge is 2.83. The van der Waals surface area contributed by atoms with Crippen molar-refractivity contribution in [2.75, 3.05) is 33.9 Å². The molecule has 1 saturated heterocycles. The summed E-state index contributed by atoms with van der Waals surface area (Å²) in [6, 6.07) is 6.84. The second-order valence-electron chi connectivity index (χ2n) is 13.9. The number of carboxylic acid groups (broad SMARTS) is 1. The zero-order valence-corrected chi connectivity index (χ0v) is 25.3. The van der Waals surface area contributed by atoms with E-state index in [2.05, 4.69) is 29.9 Å². The molecule has 11 heteroatoms. The molecule has 5 fully saturated rings. The van der Waals surface area contributed by atoms with Crippen molar-refractivity contribution in [1.82, 2.24) is 0 Å². The van der Waals surface area contributed by atoms with E-state index in [1.165, 1.54) is 53.5 Å². The summed E-state index contributed by atoms with van der Waals surface area (Å²) in [7, 11) is 4.46. The standard InChI is InChI=1S/C30H37NO4S.C2HF3O2/c1-31(15-19-3-4-19)11-10-29-25-21-5-6-23(32)26(25)35-27(29)30(33-2)9-8-28(29,24(31)13-21)14-22(30)17-34-16-20-7-12-36-18-20;3-2(4,5)1(6)7/h5-7,12,18-19,22,24,27H,3-4,8-11,13-17H2,1-2H3;(H,6,7)/t22-,24-,27-,28-,29+,30-,31?;/m1./s1. The largest absolute Gasteiger partial charge is 0.542 e. The molecule has 2 spiro atoms. The summed E-state index contributed by atoms with van der Waals surface area (Å²) in [6.07, 6.45) is 3.16. The van der Waals surface area contributed by atoms with Gasteiger partial charge in [0.15, 0.2) is 11.5 Å². The Kier molecular flexibility index (Phi) is 6.71. The Morgan fingerprint density at radius 3 is 2.65 bits per heavy atom. The maximum atomic E-state index is 11.0. The van der Waals surface area contributed by atoms with Crippen LogP contribution >= 0.6 is 11.3 Å². The van der Waals surface area contributed by atoms with Crippen molar-refractivity contribution in [3.05, 3.63) is 45.6 Å². The third-order valence-corrected chi connectivity index (χ3v) is 12.7. The average molecular weight is 622 g/mol. The molecule has 4 saturated carbocycles. The van der Waals surface area contributed by atoms with Gasteiger partial charge < -0.3 is 33.7 Å². The number of phenolic OH excluding ortho intramolecular Hbond substituents is 1. The molecule has 3 heterocycles. The van der Waals surface area contributed by atoms with Crippen LogP contribution in [0.5, 0.6) is 11.5 Å². The van der Waals surface area contributed by atoms with Gasteiger partial charge in [-0.25, -0.2) is 0 Å². The van der Waals surface area contributed by atoms with E-state index < -0.39 is 12.1 Å². The van der Waals surface area contributed by atoms with Crippen LogP contribution in [0.4, 0.5) is 13.2 Å². The SMILES string of the molecule is CO[C@]12CC[C@@]3(C[C@@H]1COCc1ccsc1)[C@H]1Cc4ccc(O)c5c4[C@@]3(CC[N+]1(C)CC1CC1)[C@H]2O5.O=C([O-])C(F)(F)F. The fraction of sp³-hybridized carbons (Fsp3) is 0.656. The molecule has 1 N–H and O–H groups in total. The average Bonchev–Trinajstić information content (AvgIpc) is 3.45. The minimum absolute atomic E-state index is 0.0493. The van der Waals surface area contributed by atoms with Crippen molar-refractivity contribution < 1.29 is 46.9 Å². The molecule has 9 rings (SSSR count). The maximum absolute atomic E-state index is 11.0. The smallest absolute Gasteiger partial charge is 0.430 e. The number of methoxy groups -OCH3 is 1. The first-order valence-corrected chi connectivity index (χ1v) is 16.1. The molecular formula is C32H38F3NO6S. The number of hydrogen-bond acceptors (Lipinski definition) is 7. The second-order valence-corrected chi connectivity index (χ2v) is 14.6. The Balaban J connectivity index is 0.000000386. The number of rotatable bonds is 7. The van der Waals surface area contributed by atoms with Gasteiger partial charge in [-0.3, -0.25) is 0 Å². The number of nitrogens with zero attached hydrogens (tertiary/aromatic N) is 1. The van der Waals surface area contributed by atoms with Crippen molar-refractivity contribution in [1.29, 1.82) is 0 Å². The first-order valence-electron chi connectivity index (χ1n) is 15.2. The van der Waals surface area contributed by atoms with E-state index in [9.17, 15) is 18.3 Å². The van der Waals surface area contributed by atoms with Gasteiger partial charge in [-0.15, -0.1) is 0 Å². The molecule has 2 aliphatic heterocycles. The first-order chi connectivity index (χ1) is 20.4. The van der Waals surface area contributed by atoms with Gasteiger partial charge in [0.2, 0.25) is 0 Å². The molecule has 4 bridgehead atoms. The molecule has 2 aromatic rings. The van der Waals surface area contributed by atoms with E-state index in [4.69, 9.17) is 24.1 Å². The van der Waals surface area contributed by atoms with E-state index in [0.29, 0.717) is 30.9 Å². The number of carbonyl (C=O) groups excluding carboxylic acids is 1. The Hall–Kier alpha value is -2.34. The van der Waals surface area contributed by atoms with Crippen LogP contribution in [0.3, 0.4) is 0 Å². The number of carbonyl (C=O) groups is 1. The van der Waals surface area contributed by atoms with Crippen molar-refractivity contribution in [3.63, 3.8) is 0 Å². The van der Waals surface area contributed by atoms with E-state index in [1.54, 1.807) is 11.3 Å². The lowest BCUT2D eigenvalue weighted by molar-refractivity contribution is -0.952. The van der Waals surface area contributed by atoms with E-state index in [-0.39, 0.29) is 22.5 Å². The molecule has 43 heavy (non-hydrogen) atoms. The zero-order chi connectivity index (χ0) is 30.4. The van der Waals surface area contributed by atoms with Gasteiger partial charge >= 0.3 is 6.18 Å². The summed E-state index contributed by atoms with van der Waals surface area (Å²) in [5.74, 6) is -0.735. The maximum Gasteiger partial charge on any atom is 0.430 e. The number of quaternary nitrogens is 1. The molecule has 5 aliphatic carbocycles. The zero-order valence-electron chi connectivity index (χ0n) is 24.5. The molecule has 234 valence electrons. The third-order valence-electron chi connectivity index (χ3n) is 11.9. The van der Waals surface area contributed by atoms with Gasteiger partial charge in [0.1, 0.15) is 17.7 Å². The molecule has 1 aromatic carbocycles. The van der Waals surface area contributed by atoms with Gasteiger partial charge in [0, 0.05) is 42.8 Å². The highest BCUT2D eigenvalue weighted by atomic mass is 32.1. The lowest BCUT2D eigenvalue weighted by Crippen LogP contribution is -2.83. The van der Waals surface area contributed by atoms with Crippen LogP contribution in [-0.4, -0.2) is 73.3 Å². The van der Waals surface area contributed by atoms with Crippen LogP contribution in [0, 0.1) is 17.3 Å². The van der Waals surface area contributed by atoms with E-state index in [1.807, 2.05) is 13.2 Å². The molecule has 0 radical (unpaired) electrons. The number of likely N-dealkylation sites (N-methyl/N-ethyl adjacent to an activating group) is 1. The van der Waals surface area contributed by atoms with Crippen molar-refractivity contribution in [2.45, 2.75) is 80.9 Å². The highest BCUT2D eigenvalue weighted by Crippen LogP contribution is 2.77. The molecular weight excluding hydrogens is 583 g/mol.